The van der Waals surface area contributed by atoms with Crippen molar-refractivity contribution in [2.45, 2.75) is 37.6 Å². The van der Waals surface area contributed by atoms with E-state index in [0.29, 0.717) is 18.2 Å². The maximum absolute atomic E-state index is 12.4. The molecule has 4 nitrogen and oxygen atoms in total. The molecule has 0 radical (unpaired) electrons. The fraction of sp³-hybridized carbons (Fsp3) is 0.467. The Morgan fingerprint density at radius 1 is 1.35 bits per heavy atom. The Hall–Kier alpha value is -1.49. The van der Waals surface area contributed by atoms with Gasteiger partial charge < -0.3 is 10.6 Å². The van der Waals surface area contributed by atoms with Gasteiger partial charge in [0.2, 0.25) is 11.8 Å². The SMILES string of the molecule is CS[C@@H](C)C(=O)N(Cc1ccc(C(N)=O)cc1)C1CC1. The van der Waals surface area contributed by atoms with Gasteiger partial charge in [0.25, 0.3) is 0 Å². The van der Waals surface area contributed by atoms with Crippen LogP contribution in [-0.2, 0) is 11.3 Å². The minimum Gasteiger partial charge on any atom is -0.366 e. The molecule has 1 aromatic carbocycles. The Balaban J connectivity index is 2.08. The first-order chi connectivity index (χ1) is 9.52. The highest BCUT2D eigenvalue weighted by Gasteiger charge is 2.34. The molecular weight excluding hydrogens is 272 g/mol. The zero-order valence-electron chi connectivity index (χ0n) is 11.8. The van der Waals surface area contributed by atoms with Gasteiger partial charge in [-0.25, -0.2) is 0 Å². The van der Waals surface area contributed by atoms with Gasteiger partial charge in [0.05, 0.1) is 5.25 Å². The third-order valence-corrected chi connectivity index (χ3v) is 4.47. The second-order valence-electron chi connectivity index (χ2n) is 5.14. The van der Waals surface area contributed by atoms with Crippen LogP contribution in [0.25, 0.3) is 0 Å². The number of nitrogens with two attached hydrogens (primary N) is 1. The first-order valence-electron chi connectivity index (χ1n) is 6.75. The molecule has 0 aromatic heterocycles. The fourth-order valence-corrected chi connectivity index (χ4v) is 2.42. The predicted octanol–water partition coefficient (Wildman–Crippen LogP) is 2.03. The number of carbonyl (C=O) groups excluding carboxylic acids is 2. The van der Waals surface area contributed by atoms with E-state index in [1.54, 1.807) is 23.9 Å². The van der Waals surface area contributed by atoms with Crippen LogP contribution in [0.3, 0.4) is 0 Å². The molecule has 0 bridgehead atoms. The summed E-state index contributed by atoms with van der Waals surface area (Å²) in [7, 11) is 0. The lowest BCUT2D eigenvalue weighted by atomic mass is 10.1. The van der Waals surface area contributed by atoms with Crippen molar-refractivity contribution in [3.8, 4) is 0 Å². The molecule has 2 rings (SSSR count). The predicted molar refractivity (Wildman–Crippen MR) is 81.5 cm³/mol. The van der Waals surface area contributed by atoms with E-state index in [1.807, 2.05) is 30.2 Å². The lowest BCUT2D eigenvalue weighted by Crippen LogP contribution is -2.37. The van der Waals surface area contributed by atoms with E-state index in [0.717, 1.165) is 18.4 Å². The molecule has 20 heavy (non-hydrogen) atoms. The topological polar surface area (TPSA) is 63.4 Å². The van der Waals surface area contributed by atoms with Crippen LogP contribution >= 0.6 is 11.8 Å². The maximum atomic E-state index is 12.4. The van der Waals surface area contributed by atoms with Crippen LogP contribution in [-0.4, -0.2) is 34.3 Å². The van der Waals surface area contributed by atoms with Gasteiger partial charge in [-0.1, -0.05) is 12.1 Å². The molecule has 108 valence electrons. The minimum atomic E-state index is -0.428. The summed E-state index contributed by atoms with van der Waals surface area (Å²) in [6.07, 6.45) is 4.13. The maximum Gasteiger partial charge on any atom is 0.248 e. The summed E-state index contributed by atoms with van der Waals surface area (Å²) in [4.78, 5) is 25.4. The zero-order valence-corrected chi connectivity index (χ0v) is 12.7. The summed E-state index contributed by atoms with van der Waals surface area (Å²) < 4.78 is 0. The smallest absolute Gasteiger partial charge is 0.248 e. The Bertz CT molecular complexity index is 497. The van der Waals surface area contributed by atoms with Crippen molar-refractivity contribution in [3.05, 3.63) is 35.4 Å². The van der Waals surface area contributed by atoms with Gasteiger partial charge in [-0.2, -0.15) is 11.8 Å². The van der Waals surface area contributed by atoms with Crippen LogP contribution in [0, 0.1) is 0 Å². The van der Waals surface area contributed by atoms with Crippen molar-refractivity contribution >= 4 is 23.6 Å². The van der Waals surface area contributed by atoms with Gasteiger partial charge in [0, 0.05) is 18.2 Å². The van der Waals surface area contributed by atoms with Crippen LogP contribution in [0.5, 0.6) is 0 Å². The monoisotopic (exact) mass is 292 g/mol. The molecule has 1 fully saturated rings. The minimum absolute atomic E-state index is 0.0134. The summed E-state index contributed by atoms with van der Waals surface area (Å²) in [5, 5.41) is -0.0134. The Kier molecular flexibility index (Phi) is 4.70. The Labute approximate surface area is 123 Å². The Morgan fingerprint density at radius 2 is 1.95 bits per heavy atom. The standard InChI is InChI=1S/C15H20N2O2S/c1-10(20-2)15(19)17(13-7-8-13)9-11-3-5-12(6-4-11)14(16)18/h3-6,10,13H,7-9H2,1-2H3,(H2,16,18)/t10-/m0/s1. The van der Waals surface area contributed by atoms with Crippen LogP contribution in [0.4, 0.5) is 0 Å². The highest BCUT2D eigenvalue weighted by atomic mass is 32.2. The summed E-state index contributed by atoms with van der Waals surface area (Å²) in [5.74, 6) is -0.235. The summed E-state index contributed by atoms with van der Waals surface area (Å²) in [6.45, 7) is 2.55. The lowest BCUT2D eigenvalue weighted by molar-refractivity contribution is -0.131. The van der Waals surface area contributed by atoms with Gasteiger partial charge in [0.15, 0.2) is 0 Å². The number of rotatable bonds is 6. The van der Waals surface area contributed by atoms with Crippen molar-refractivity contribution in [2.75, 3.05) is 6.26 Å². The normalized spacial score (nSPS) is 15.7. The van der Waals surface area contributed by atoms with Crippen LogP contribution < -0.4 is 5.73 Å². The first-order valence-corrected chi connectivity index (χ1v) is 8.03. The Morgan fingerprint density at radius 3 is 2.40 bits per heavy atom. The quantitative estimate of drug-likeness (QED) is 0.872. The van der Waals surface area contributed by atoms with E-state index in [1.165, 1.54) is 0 Å². The molecule has 0 heterocycles. The number of hydrogen-bond donors (Lipinski definition) is 1. The third kappa shape index (κ3) is 3.54. The summed E-state index contributed by atoms with van der Waals surface area (Å²) in [6, 6.07) is 7.54. The summed E-state index contributed by atoms with van der Waals surface area (Å²) >= 11 is 1.57. The largest absolute Gasteiger partial charge is 0.366 e. The van der Waals surface area contributed by atoms with E-state index in [4.69, 9.17) is 5.73 Å². The number of nitrogens with zero attached hydrogens (tertiary/aromatic N) is 1. The molecule has 0 spiro atoms. The van der Waals surface area contributed by atoms with Crippen molar-refractivity contribution in [1.82, 2.24) is 4.90 Å². The van der Waals surface area contributed by atoms with Crippen LogP contribution in [0.1, 0.15) is 35.7 Å². The van der Waals surface area contributed by atoms with Crippen molar-refractivity contribution in [2.24, 2.45) is 5.73 Å². The molecule has 1 saturated carbocycles. The average Bonchev–Trinajstić information content (AvgIpc) is 3.28. The molecule has 0 saturated heterocycles. The number of carbonyl (C=O) groups is 2. The number of thioether (sulfide) groups is 1. The van der Waals surface area contributed by atoms with Crippen molar-refractivity contribution in [3.63, 3.8) is 0 Å². The second-order valence-corrected chi connectivity index (χ2v) is 6.31. The molecule has 5 heteroatoms. The van der Waals surface area contributed by atoms with E-state index in [2.05, 4.69) is 0 Å². The van der Waals surface area contributed by atoms with Gasteiger partial charge >= 0.3 is 0 Å². The fourth-order valence-electron chi connectivity index (χ4n) is 2.08. The summed E-state index contributed by atoms with van der Waals surface area (Å²) in [5.41, 5.74) is 6.75. The molecule has 1 aromatic rings. The van der Waals surface area contributed by atoms with Gasteiger partial charge in [-0.3, -0.25) is 9.59 Å². The highest BCUT2D eigenvalue weighted by molar-refractivity contribution is 7.99. The molecule has 0 aliphatic heterocycles. The molecule has 1 atom stereocenters. The molecule has 1 aliphatic carbocycles. The molecule has 1 aliphatic rings. The van der Waals surface area contributed by atoms with E-state index in [-0.39, 0.29) is 11.2 Å². The number of primary amides is 1. The third-order valence-electron chi connectivity index (χ3n) is 3.56. The first kappa shape index (κ1) is 14.9. The van der Waals surface area contributed by atoms with E-state index >= 15 is 0 Å². The molecule has 2 N–H and O–H groups in total. The van der Waals surface area contributed by atoms with Crippen molar-refractivity contribution < 1.29 is 9.59 Å². The lowest BCUT2D eigenvalue weighted by Gasteiger charge is -2.25. The van der Waals surface area contributed by atoms with Gasteiger partial charge in [-0.05, 0) is 43.7 Å². The van der Waals surface area contributed by atoms with Crippen LogP contribution in [0.15, 0.2) is 24.3 Å². The van der Waals surface area contributed by atoms with E-state index < -0.39 is 5.91 Å². The second kappa shape index (κ2) is 6.31. The number of amides is 2. The number of hydrogen-bond acceptors (Lipinski definition) is 3. The van der Waals surface area contributed by atoms with E-state index in [9.17, 15) is 9.59 Å². The molecule has 2 amide bonds. The van der Waals surface area contributed by atoms with Crippen LogP contribution in [0.2, 0.25) is 0 Å². The molecule has 0 unspecified atom stereocenters. The van der Waals surface area contributed by atoms with Gasteiger partial charge in [-0.15, -0.1) is 0 Å². The molecular formula is C15H20N2O2S. The van der Waals surface area contributed by atoms with Crippen molar-refractivity contribution in [1.29, 1.82) is 0 Å². The van der Waals surface area contributed by atoms with Gasteiger partial charge in [0.1, 0.15) is 0 Å². The highest BCUT2D eigenvalue weighted by Crippen LogP contribution is 2.30. The number of benzene rings is 1. The average molecular weight is 292 g/mol. The zero-order chi connectivity index (χ0) is 14.7.